The number of para-hydroxylation sites is 1. The van der Waals surface area contributed by atoms with Crippen LogP contribution in [-0.2, 0) is 27.9 Å². The Balaban J connectivity index is 1.73. The summed E-state index contributed by atoms with van der Waals surface area (Å²) in [4.78, 5) is 12.5. The highest BCUT2D eigenvalue weighted by Crippen LogP contribution is 2.21. The Kier molecular flexibility index (Phi) is 6.87. The zero-order valence-corrected chi connectivity index (χ0v) is 17.6. The van der Waals surface area contributed by atoms with Gasteiger partial charge in [-0.15, -0.1) is 0 Å². The molecule has 0 aliphatic heterocycles. The fraction of sp³-hybridized carbons (Fsp3) is 0.174. The molecular formula is C23H23NO5S. The van der Waals surface area contributed by atoms with Crippen molar-refractivity contribution in [2.45, 2.75) is 18.0 Å². The smallest absolute Gasteiger partial charge is 0.338 e. The van der Waals surface area contributed by atoms with Crippen molar-refractivity contribution in [2.24, 2.45) is 0 Å². The summed E-state index contributed by atoms with van der Waals surface area (Å²) in [6.45, 7) is 0.249. The summed E-state index contributed by atoms with van der Waals surface area (Å²) in [5, 5.41) is 0. The molecule has 0 saturated heterocycles. The molecule has 0 amide bonds. The molecule has 0 aliphatic carbocycles. The van der Waals surface area contributed by atoms with Gasteiger partial charge >= 0.3 is 5.97 Å². The number of carbonyl (C=O) groups excluding carboxylic acids is 1. The number of rotatable bonds is 8. The van der Waals surface area contributed by atoms with Crippen LogP contribution >= 0.6 is 0 Å². The molecule has 0 aliphatic rings. The van der Waals surface area contributed by atoms with E-state index in [1.54, 1.807) is 19.2 Å². The van der Waals surface area contributed by atoms with Crippen molar-refractivity contribution in [3.8, 4) is 5.75 Å². The Bertz CT molecular complexity index is 1110. The zero-order chi connectivity index (χ0) is 21.6. The molecule has 0 N–H and O–H groups in total. The first-order valence-electron chi connectivity index (χ1n) is 9.31. The molecule has 0 unspecified atom stereocenters. The average Bonchev–Trinajstić information content (AvgIpc) is 2.78. The quantitative estimate of drug-likeness (QED) is 0.512. The van der Waals surface area contributed by atoms with Gasteiger partial charge in [-0.05, 0) is 29.8 Å². The Morgan fingerprint density at radius 3 is 2.37 bits per heavy atom. The molecule has 0 radical (unpaired) electrons. The number of hydrogen-bond acceptors (Lipinski definition) is 5. The molecule has 3 rings (SSSR count). The highest BCUT2D eigenvalue weighted by molar-refractivity contribution is 7.89. The Morgan fingerprint density at radius 1 is 0.933 bits per heavy atom. The van der Waals surface area contributed by atoms with E-state index in [9.17, 15) is 13.2 Å². The highest BCUT2D eigenvalue weighted by atomic mass is 32.2. The number of hydrogen-bond donors (Lipinski definition) is 0. The summed E-state index contributed by atoms with van der Waals surface area (Å²) < 4.78 is 37.7. The molecule has 0 heterocycles. The van der Waals surface area contributed by atoms with E-state index in [1.807, 2.05) is 42.5 Å². The third-order valence-electron chi connectivity index (χ3n) is 4.58. The van der Waals surface area contributed by atoms with Crippen molar-refractivity contribution < 1.29 is 22.7 Å². The van der Waals surface area contributed by atoms with Crippen LogP contribution in [-0.4, -0.2) is 32.8 Å². The molecule has 3 aromatic carbocycles. The molecule has 0 fully saturated rings. The Hall–Kier alpha value is -3.16. The van der Waals surface area contributed by atoms with E-state index in [0.29, 0.717) is 5.75 Å². The van der Waals surface area contributed by atoms with Crippen molar-refractivity contribution in [1.29, 1.82) is 0 Å². The van der Waals surface area contributed by atoms with E-state index < -0.39 is 16.0 Å². The summed E-state index contributed by atoms with van der Waals surface area (Å²) in [6, 6.07) is 22.4. The highest BCUT2D eigenvalue weighted by Gasteiger charge is 2.22. The normalized spacial score (nSPS) is 11.3. The van der Waals surface area contributed by atoms with Crippen LogP contribution in [0.3, 0.4) is 0 Å². The van der Waals surface area contributed by atoms with Crippen LogP contribution < -0.4 is 4.74 Å². The lowest BCUT2D eigenvalue weighted by Gasteiger charge is -2.17. The average molecular weight is 426 g/mol. The van der Waals surface area contributed by atoms with E-state index in [4.69, 9.17) is 9.47 Å². The molecule has 0 bridgehead atoms. The van der Waals surface area contributed by atoms with Crippen molar-refractivity contribution in [3.05, 3.63) is 95.6 Å². The van der Waals surface area contributed by atoms with Crippen molar-refractivity contribution in [3.63, 3.8) is 0 Å². The Labute approximate surface area is 176 Å². The molecule has 0 spiro atoms. The minimum Gasteiger partial charge on any atom is -0.496 e. The molecule has 0 atom stereocenters. The summed E-state index contributed by atoms with van der Waals surface area (Å²) in [5.41, 5.74) is 1.76. The second-order valence-corrected chi connectivity index (χ2v) is 8.71. The summed E-state index contributed by atoms with van der Waals surface area (Å²) in [5.74, 6) is 0.00725. The van der Waals surface area contributed by atoms with Gasteiger partial charge in [-0.25, -0.2) is 13.2 Å². The molecule has 0 aromatic heterocycles. The molecular weight excluding hydrogens is 402 g/mol. The number of carbonyl (C=O) groups is 1. The van der Waals surface area contributed by atoms with E-state index in [1.165, 1.54) is 35.6 Å². The molecule has 156 valence electrons. The van der Waals surface area contributed by atoms with Gasteiger partial charge < -0.3 is 9.47 Å². The van der Waals surface area contributed by atoms with Gasteiger partial charge in [-0.3, -0.25) is 0 Å². The molecule has 3 aromatic rings. The topological polar surface area (TPSA) is 72.9 Å². The fourth-order valence-electron chi connectivity index (χ4n) is 2.94. The first-order chi connectivity index (χ1) is 14.4. The van der Waals surface area contributed by atoms with Gasteiger partial charge in [0.2, 0.25) is 10.0 Å². The summed E-state index contributed by atoms with van der Waals surface area (Å²) in [7, 11) is -0.714. The van der Waals surface area contributed by atoms with E-state index >= 15 is 0 Å². The van der Waals surface area contributed by atoms with Crippen LogP contribution in [0.4, 0.5) is 0 Å². The number of ether oxygens (including phenoxy) is 2. The van der Waals surface area contributed by atoms with E-state index in [2.05, 4.69) is 0 Å². The van der Waals surface area contributed by atoms with Crippen LogP contribution in [0.5, 0.6) is 5.75 Å². The van der Waals surface area contributed by atoms with Gasteiger partial charge in [0.25, 0.3) is 0 Å². The summed E-state index contributed by atoms with van der Waals surface area (Å²) >= 11 is 0. The molecule has 30 heavy (non-hydrogen) atoms. The predicted octanol–water partition coefficient (Wildman–Crippen LogP) is 3.87. The van der Waals surface area contributed by atoms with Gasteiger partial charge in [-0.2, -0.15) is 4.31 Å². The van der Waals surface area contributed by atoms with E-state index in [-0.39, 0.29) is 23.6 Å². The number of nitrogens with zero attached hydrogens (tertiary/aromatic N) is 1. The van der Waals surface area contributed by atoms with Gasteiger partial charge in [0, 0.05) is 19.2 Å². The van der Waals surface area contributed by atoms with Crippen molar-refractivity contribution in [2.75, 3.05) is 14.2 Å². The van der Waals surface area contributed by atoms with Gasteiger partial charge in [0.15, 0.2) is 0 Å². The van der Waals surface area contributed by atoms with Gasteiger partial charge in [-0.1, -0.05) is 54.6 Å². The third kappa shape index (κ3) is 5.06. The monoisotopic (exact) mass is 425 g/mol. The number of esters is 1. The number of methoxy groups -OCH3 is 1. The first kappa shape index (κ1) is 21.5. The predicted molar refractivity (Wildman–Crippen MR) is 114 cm³/mol. The minimum absolute atomic E-state index is 0.0216. The Morgan fingerprint density at radius 2 is 1.63 bits per heavy atom. The maximum absolute atomic E-state index is 12.9. The minimum atomic E-state index is -3.77. The lowest BCUT2D eigenvalue weighted by atomic mass is 10.2. The lowest BCUT2D eigenvalue weighted by molar-refractivity contribution is 0.0470. The van der Waals surface area contributed by atoms with Crippen molar-refractivity contribution >= 4 is 16.0 Å². The molecule has 6 nitrogen and oxygen atoms in total. The second kappa shape index (κ2) is 9.56. The van der Waals surface area contributed by atoms with Crippen LogP contribution in [0.2, 0.25) is 0 Å². The lowest BCUT2D eigenvalue weighted by Crippen LogP contribution is -2.26. The standard InChI is InChI=1S/C23H23NO5S/c1-24(16-18-9-4-3-5-10-18)30(26,27)21-13-8-12-19(15-21)23(25)29-17-20-11-6-7-14-22(20)28-2/h3-15H,16-17H2,1-2H3. The van der Waals surface area contributed by atoms with Crippen LogP contribution in [0.25, 0.3) is 0 Å². The number of sulfonamides is 1. The third-order valence-corrected chi connectivity index (χ3v) is 6.38. The van der Waals surface area contributed by atoms with Gasteiger partial charge in [0.05, 0.1) is 17.6 Å². The molecule has 7 heteroatoms. The first-order valence-corrected chi connectivity index (χ1v) is 10.7. The van der Waals surface area contributed by atoms with Gasteiger partial charge in [0.1, 0.15) is 12.4 Å². The fourth-order valence-corrected chi connectivity index (χ4v) is 4.14. The molecule has 0 saturated carbocycles. The van der Waals surface area contributed by atoms with Crippen molar-refractivity contribution in [1.82, 2.24) is 4.31 Å². The zero-order valence-electron chi connectivity index (χ0n) is 16.8. The maximum Gasteiger partial charge on any atom is 0.338 e. The van der Waals surface area contributed by atoms with Crippen LogP contribution in [0.1, 0.15) is 21.5 Å². The van der Waals surface area contributed by atoms with Crippen LogP contribution in [0, 0.1) is 0 Å². The number of benzene rings is 3. The summed E-state index contributed by atoms with van der Waals surface area (Å²) in [6.07, 6.45) is 0. The SMILES string of the molecule is COc1ccccc1COC(=O)c1cccc(S(=O)(=O)N(C)Cc2ccccc2)c1. The van der Waals surface area contributed by atoms with E-state index in [0.717, 1.165) is 11.1 Å². The maximum atomic E-state index is 12.9. The second-order valence-electron chi connectivity index (χ2n) is 6.66. The van der Waals surface area contributed by atoms with Crippen LogP contribution in [0.15, 0.2) is 83.8 Å². The largest absolute Gasteiger partial charge is 0.496 e.